The lowest BCUT2D eigenvalue weighted by atomic mass is 10.1. The molecule has 1 heterocycles. The first-order valence-electron chi connectivity index (χ1n) is 9.78. The van der Waals surface area contributed by atoms with Crippen molar-refractivity contribution < 1.29 is 35.9 Å². The van der Waals surface area contributed by atoms with Gasteiger partial charge in [0.05, 0.1) is 11.3 Å². The van der Waals surface area contributed by atoms with Crippen molar-refractivity contribution in [1.82, 2.24) is 0 Å². The van der Waals surface area contributed by atoms with E-state index in [4.69, 9.17) is 4.74 Å². The normalized spacial score (nSPS) is 14.7. The summed E-state index contributed by atoms with van der Waals surface area (Å²) in [5.74, 6) is -12.0. The van der Waals surface area contributed by atoms with Crippen LogP contribution in [0.5, 0.6) is 5.75 Å². The molecule has 0 unspecified atom stereocenters. The SMILES string of the molecule is CC1=NN(c2c(F)c(F)c(F)c(F)c2F)C(=O)/C1=C/c1ccc(OCc2cccc(F)c2)cc1. The van der Waals surface area contributed by atoms with E-state index in [1.165, 1.54) is 25.1 Å². The molecule has 4 nitrogen and oxygen atoms in total. The van der Waals surface area contributed by atoms with Gasteiger partial charge in [-0.3, -0.25) is 4.79 Å². The van der Waals surface area contributed by atoms with Crippen LogP contribution in [-0.2, 0) is 11.4 Å². The molecule has 3 aromatic carbocycles. The molecule has 0 aliphatic carbocycles. The van der Waals surface area contributed by atoms with Crippen LogP contribution in [0.4, 0.5) is 32.0 Å². The number of benzene rings is 3. The molecule has 4 rings (SSSR count). The molecule has 0 radical (unpaired) electrons. The maximum Gasteiger partial charge on any atom is 0.280 e. The van der Waals surface area contributed by atoms with Crippen LogP contribution in [0.3, 0.4) is 0 Å². The lowest BCUT2D eigenvalue weighted by Crippen LogP contribution is -2.25. The van der Waals surface area contributed by atoms with Gasteiger partial charge in [-0.1, -0.05) is 24.3 Å². The summed E-state index contributed by atoms with van der Waals surface area (Å²) < 4.78 is 87.5. The number of hydrogen-bond donors (Lipinski definition) is 0. The number of halogens is 6. The van der Waals surface area contributed by atoms with Gasteiger partial charge < -0.3 is 4.74 Å². The number of nitrogens with zero attached hydrogens (tertiary/aromatic N) is 2. The third-order valence-electron chi connectivity index (χ3n) is 4.95. The van der Waals surface area contributed by atoms with Crippen LogP contribution >= 0.6 is 0 Å². The van der Waals surface area contributed by atoms with Crippen molar-refractivity contribution in [2.24, 2.45) is 5.10 Å². The highest BCUT2D eigenvalue weighted by Gasteiger charge is 2.36. The summed E-state index contributed by atoms with van der Waals surface area (Å²) in [5.41, 5.74) is -0.430. The number of hydrogen-bond acceptors (Lipinski definition) is 3. The number of ether oxygens (including phenoxy) is 1. The standard InChI is InChI=1S/C24H14F6N2O2/c1-12-17(24(33)32(31-12)23-21(29)19(27)18(26)20(28)22(23)30)10-13-5-7-16(8-6-13)34-11-14-3-2-4-15(25)9-14/h2-10H,11H2,1H3/b17-10+. The monoisotopic (exact) mass is 476 g/mol. The Morgan fingerprint density at radius 1 is 0.882 bits per heavy atom. The number of amides is 1. The van der Waals surface area contributed by atoms with E-state index < -0.39 is 40.7 Å². The van der Waals surface area contributed by atoms with Crippen molar-refractivity contribution >= 4 is 23.4 Å². The Morgan fingerprint density at radius 2 is 1.50 bits per heavy atom. The Morgan fingerprint density at radius 3 is 2.12 bits per heavy atom. The van der Waals surface area contributed by atoms with Crippen molar-refractivity contribution in [2.75, 3.05) is 5.01 Å². The van der Waals surface area contributed by atoms with E-state index in [1.807, 2.05) is 0 Å². The van der Waals surface area contributed by atoms with Gasteiger partial charge in [0.25, 0.3) is 5.91 Å². The Balaban J connectivity index is 1.55. The fourth-order valence-corrected chi connectivity index (χ4v) is 3.24. The van der Waals surface area contributed by atoms with Crippen LogP contribution in [0.1, 0.15) is 18.1 Å². The van der Waals surface area contributed by atoms with Crippen LogP contribution in [0.15, 0.2) is 59.2 Å². The molecule has 0 spiro atoms. The molecule has 0 atom stereocenters. The topological polar surface area (TPSA) is 41.9 Å². The van der Waals surface area contributed by atoms with Crippen LogP contribution < -0.4 is 9.75 Å². The Labute approximate surface area is 189 Å². The van der Waals surface area contributed by atoms with Crippen molar-refractivity contribution in [3.8, 4) is 5.75 Å². The van der Waals surface area contributed by atoms with Crippen molar-refractivity contribution in [3.63, 3.8) is 0 Å². The molecule has 10 heteroatoms. The lowest BCUT2D eigenvalue weighted by molar-refractivity contribution is -0.114. The fourth-order valence-electron chi connectivity index (χ4n) is 3.24. The molecule has 1 aliphatic rings. The van der Waals surface area contributed by atoms with E-state index in [0.29, 0.717) is 16.9 Å². The summed E-state index contributed by atoms with van der Waals surface area (Å²) in [7, 11) is 0. The molecule has 3 aromatic rings. The van der Waals surface area contributed by atoms with Crippen LogP contribution in [-0.4, -0.2) is 11.6 Å². The van der Waals surface area contributed by atoms with Crippen LogP contribution in [0.2, 0.25) is 0 Å². The molecule has 1 amide bonds. The van der Waals surface area contributed by atoms with E-state index in [-0.39, 0.29) is 28.7 Å². The van der Waals surface area contributed by atoms with Crippen molar-refractivity contribution in [1.29, 1.82) is 0 Å². The predicted molar refractivity (Wildman–Crippen MR) is 112 cm³/mol. The average molecular weight is 476 g/mol. The average Bonchev–Trinajstić information content (AvgIpc) is 3.09. The second kappa shape index (κ2) is 9.05. The Hall–Kier alpha value is -4.08. The molecular formula is C24H14F6N2O2. The zero-order chi connectivity index (χ0) is 24.6. The first kappa shape index (κ1) is 23.1. The number of anilines is 1. The minimum atomic E-state index is -2.33. The summed E-state index contributed by atoms with van der Waals surface area (Å²) in [6, 6.07) is 12.2. The smallest absolute Gasteiger partial charge is 0.280 e. The number of carbonyl (C=O) groups is 1. The molecule has 1 aliphatic heterocycles. The maximum atomic E-state index is 14.1. The summed E-state index contributed by atoms with van der Waals surface area (Å²) >= 11 is 0. The third-order valence-corrected chi connectivity index (χ3v) is 4.95. The minimum Gasteiger partial charge on any atom is -0.489 e. The van der Waals surface area contributed by atoms with Gasteiger partial charge in [-0.15, -0.1) is 0 Å². The second-order valence-electron chi connectivity index (χ2n) is 7.27. The first-order chi connectivity index (χ1) is 16.2. The molecule has 0 fully saturated rings. The van der Waals surface area contributed by atoms with Crippen molar-refractivity contribution in [2.45, 2.75) is 13.5 Å². The van der Waals surface area contributed by atoms with Gasteiger partial charge in [0.2, 0.25) is 5.82 Å². The molecule has 0 saturated carbocycles. The van der Waals surface area contributed by atoms with Gasteiger partial charge in [-0.2, -0.15) is 10.1 Å². The predicted octanol–water partition coefficient (Wildman–Crippen LogP) is 5.91. The maximum absolute atomic E-state index is 14.1. The minimum absolute atomic E-state index is 0.0142. The third kappa shape index (κ3) is 4.26. The highest BCUT2D eigenvalue weighted by molar-refractivity contribution is 6.32. The van der Waals surface area contributed by atoms with Gasteiger partial charge in [-0.05, 0) is 48.4 Å². The molecule has 34 heavy (non-hydrogen) atoms. The summed E-state index contributed by atoms with van der Waals surface area (Å²) in [5, 5.41) is 3.83. The number of carbonyl (C=O) groups excluding carboxylic acids is 1. The van der Waals surface area contributed by atoms with E-state index in [0.717, 1.165) is 0 Å². The largest absolute Gasteiger partial charge is 0.489 e. The fraction of sp³-hybridized carbons (Fsp3) is 0.0833. The second-order valence-corrected chi connectivity index (χ2v) is 7.27. The van der Waals surface area contributed by atoms with Crippen LogP contribution in [0.25, 0.3) is 6.08 Å². The van der Waals surface area contributed by atoms with Gasteiger partial charge >= 0.3 is 0 Å². The van der Waals surface area contributed by atoms with Gasteiger partial charge in [0, 0.05) is 0 Å². The summed E-state index contributed by atoms with van der Waals surface area (Å²) in [6.45, 7) is 1.48. The highest BCUT2D eigenvalue weighted by atomic mass is 19.2. The van der Waals surface area contributed by atoms with E-state index >= 15 is 0 Å². The lowest BCUT2D eigenvalue weighted by Gasteiger charge is -2.15. The van der Waals surface area contributed by atoms with Gasteiger partial charge in [-0.25, -0.2) is 26.3 Å². The van der Waals surface area contributed by atoms with Crippen LogP contribution in [0, 0.1) is 34.9 Å². The quantitative estimate of drug-likeness (QED) is 0.199. The number of hydrazone groups is 1. The van der Waals surface area contributed by atoms with E-state index in [1.54, 1.807) is 36.4 Å². The summed E-state index contributed by atoms with van der Waals surface area (Å²) in [4.78, 5) is 12.7. The first-order valence-corrected chi connectivity index (χ1v) is 9.78. The molecule has 0 N–H and O–H groups in total. The number of rotatable bonds is 5. The highest BCUT2D eigenvalue weighted by Crippen LogP contribution is 2.34. The van der Waals surface area contributed by atoms with Crippen molar-refractivity contribution in [3.05, 3.63) is 100 Å². The summed E-state index contributed by atoms with van der Waals surface area (Å²) in [6.07, 6.45) is 1.35. The Kier molecular flexibility index (Phi) is 6.14. The van der Waals surface area contributed by atoms with E-state index in [9.17, 15) is 31.1 Å². The molecule has 0 saturated heterocycles. The van der Waals surface area contributed by atoms with E-state index in [2.05, 4.69) is 5.10 Å². The zero-order valence-corrected chi connectivity index (χ0v) is 17.4. The van der Waals surface area contributed by atoms with Gasteiger partial charge in [0.1, 0.15) is 23.9 Å². The van der Waals surface area contributed by atoms with Gasteiger partial charge in [0.15, 0.2) is 23.3 Å². The molecule has 174 valence electrons. The Bertz CT molecular complexity index is 1320. The molecular weight excluding hydrogens is 462 g/mol. The molecule has 0 bridgehead atoms. The molecule has 0 aromatic heterocycles. The zero-order valence-electron chi connectivity index (χ0n) is 17.4.